The predicted molar refractivity (Wildman–Crippen MR) is 108 cm³/mol. The van der Waals surface area contributed by atoms with Gasteiger partial charge in [0, 0.05) is 42.5 Å². The fourth-order valence-electron chi connectivity index (χ4n) is 4.33. The summed E-state index contributed by atoms with van der Waals surface area (Å²) in [5, 5.41) is 3.19. The van der Waals surface area contributed by atoms with Crippen LogP contribution in [0.25, 0.3) is 0 Å². The lowest BCUT2D eigenvalue weighted by Crippen LogP contribution is -2.26. The van der Waals surface area contributed by atoms with Gasteiger partial charge in [-0.1, -0.05) is 0 Å². The first-order valence-corrected chi connectivity index (χ1v) is 9.99. The van der Waals surface area contributed by atoms with Crippen LogP contribution in [0.2, 0.25) is 0 Å². The summed E-state index contributed by atoms with van der Waals surface area (Å²) in [6.07, 6.45) is 2.10. The number of rotatable bonds is 5. The number of halogens is 1. The quantitative estimate of drug-likeness (QED) is 0.844. The van der Waals surface area contributed by atoms with E-state index >= 15 is 0 Å². The van der Waals surface area contributed by atoms with Crippen molar-refractivity contribution in [1.82, 2.24) is 9.88 Å². The number of nitrogens with one attached hydrogen (secondary N) is 1. The van der Waals surface area contributed by atoms with Gasteiger partial charge in [0.25, 0.3) is 0 Å². The summed E-state index contributed by atoms with van der Waals surface area (Å²) in [4.78, 5) is 6.74. The van der Waals surface area contributed by atoms with Crippen molar-refractivity contribution in [3.8, 4) is 11.6 Å². The van der Waals surface area contributed by atoms with Gasteiger partial charge < -0.3 is 14.8 Å². The van der Waals surface area contributed by atoms with Gasteiger partial charge in [-0.05, 0) is 56.8 Å². The van der Waals surface area contributed by atoms with Gasteiger partial charge in [-0.2, -0.15) is 0 Å². The predicted octanol–water partition coefficient (Wildman–Crippen LogP) is 3.97. The lowest BCUT2D eigenvalue weighted by molar-refractivity contribution is 0.246. The summed E-state index contributed by atoms with van der Waals surface area (Å²) in [7, 11) is 1.65. The minimum atomic E-state index is -0.165. The number of anilines is 1. The molecule has 0 aliphatic carbocycles. The van der Waals surface area contributed by atoms with Crippen LogP contribution in [0.3, 0.4) is 0 Å². The number of fused-ring (bicyclic) bond motifs is 1. The molecule has 150 valence electrons. The Bertz CT molecular complexity index is 858. The molecule has 0 bridgehead atoms. The summed E-state index contributed by atoms with van der Waals surface area (Å²) in [6.45, 7) is 7.35. The first-order chi connectivity index (χ1) is 13.5. The molecule has 6 heteroatoms. The van der Waals surface area contributed by atoms with Crippen molar-refractivity contribution in [3.63, 3.8) is 0 Å². The number of hydrogen-bond acceptors (Lipinski definition) is 5. The number of likely N-dealkylation sites (tertiary alicyclic amines) is 1. The molecule has 1 aromatic heterocycles. The Morgan fingerprint density at radius 1 is 1.36 bits per heavy atom. The highest BCUT2D eigenvalue weighted by molar-refractivity contribution is 5.59. The van der Waals surface area contributed by atoms with E-state index < -0.39 is 0 Å². The molecule has 5 nitrogen and oxygen atoms in total. The molecule has 0 unspecified atom stereocenters. The van der Waals surface area contributed by atoms with Crippen LogP contribution < -0.4 is 14.8 Å². The van der Waals surface area contributed by atoms with Gasteiger partial charge in [0.2, 0.25) is 5.88 Å². The topological polar surface area (TPSA) is 46.6 Å². The van der Waals surface area contributed by atoms with Crippen molar-refractivity contribution in [2.45, 2.75) is 32.7 Å². The third-order valence-electron chi connectivity index (χ3n) is 5.81. The molecule has 3 heterocycles. The van der Waals surface area contributed by atoms with E-state index in [1.165, 1.54) is 5.56 Å². The van der Waals surface area contributed by atoms with Gasteiger partial charge in [-0.15, -0.1) is 0 Å². The molecular formula is C22H28FN3O2. The van der Waals surface area contributed by atoms with Crippen molar-refractivity contribution in [3.05, 3.63) is 46.9 Å². The maximum atomic E-state index is 14.7. The van der Waals surface area contributed by atoms with Crippen LogP contribution in [-0.4, -0.2) is 43.2 Å². The van der Waals surface area contributed by atoms with E-state index in [1.54, 1.807) is 13.2 Å². The molecule has 1 saturated heterocycles. The van der Waals surface area contributed by atoms with E-state index in [0.717, 1.165) is 43.1 Å². The molecule has 1 aromatic carbocycles. The van der Waals surface area contributed by atoms with E-state index in [2.05, 4.69) is 28.2 Å². The fraction of sp³-hybridized carbons (Fsp3) is 0.500. The van der Waals surface area contributed by atoms with Gasteiger partial charge in [-0.25, -0.2) is 9.37 Å². The third kappa shape index (κ3) is 3.92. The minimum absolute atomic E-state index is 0.0227. The largest absolute Gasteiger partial charge is 0.490 e. The Labute approximate surface area is 165 Å². The summed E-state index contributed by atoms with van der Waals surface area (Å²) >= 11 is 0. The Hall–Kier alpha value is -2.34. The van der Waals surface area contributed by atoms with Crippen LogP contribution in [-0.2, 0) is 6.42 Å². The molecule has 0 saturated carbocycles. The fourth-order valence-corrected chi connectivity index (χ4v) is 4.33. The molecule has 0 spiro atoms. The number of benzene rings is 1. The van der Waals surface area contributed by atoms with Crippen LogP contribution >= 0.6 is 0 Å². The lowest BCUT2D eigenvalue weighted by atomic mass is 9.98. The van der Waals surface area contributed by atoms with Crippen molar-refractivity contribution in [2.75, 3.05) is 38.7 Å². The second kappa shape index (κ2) is 7.95. The first kappa shape index (κ1) is 19.0. The number of nitrogens with zero attached hydrogens (tertiary/aromatic N) is 2. The molecular weight excluding hydrogens is 357 g/mol. The van der Waals surface area contributed by atoms with Crippen molar-refractivity contribution in [2.24, 2.45) is 5.92 Å². The first-order valence-electron chi connectivity index (χ1n) is 9.99. The maximum Gasteiger partial charge on any atom is 0.213 e. The van der Waals surface area contributed by atoms with Gasteiger partial charge in [0.05, 0.1) is 12.8 Å². The van der Waals surface area contributed by atoms with Gasteiger partial charge in [0.15, 0.2) is 0 Å². The third-order valence-corrected chi connectivity index (χ3v) is 5.81. The molecule has 4 rings (SSSR count). The van der Waals surface area contributed by atoms with Crippen molar-refractivity contribution >= 4 is 5.69 Å². The van der Waals surface area contributed by atoms with Crippen LogP contribution in [0.4, 0.5) is 10.1 Å². The number of aryl methyl sites for hydroxylation is 1. The Morgan fingerprint density at radius 3 is 3.04 bits per heavy atom. The molecule has 0 radical (unpaired) electrons. The second-order valence-corrected chi connectivity index (χ2v) is 7.83. The zero-order valence-electron chi connectivity index (χ0n) is 16.8. The number of pyridine rings is 1. The van der Waals surface area contributed by atoms with Crippen LogP contribution in [0.1, 0.15) is 36.2 Å². The summed E-state index contributed by atoms with van der Waals surface area (Å²) < 4.78 is 25.7. The molecule has 1 fully saturated rings. The molecule has 2 aliphatic rings. The standard InChI is InChI=1S/C22H28FN3O2/c1-14-8-17(10-22(25-14)27-3)9-16-4-6-26(13-16)15(2)18-11-21-20(12-19(18)23)24-5-7-28-21/h8,10-12,15-16,24H,4-7,9,13H2,1-3H3/t15-,16+/m0/s1. The Balaban J connectivity index is 1.45. The Morgan fingerprint density at radius 2 is 2.21 bits per heavy atom. The molecule has 0 amide bonds. The summed E-state index contributed by atoms with van der Waals surface area (Å²) in [5.41, 5.74) is 3.69. The van der Waals surface area contributed by atoms with Crippen LogP contribution in [0.15, 0.2) is 24.3 Å². The van der Waals surface area contributed by atoms with E-state index in [1.807, 2.05) is 19.1 Å². The normalized spacial score (nSPS) is 20.2. The minimum Gasteiger partial charge on any atom is -0.490 e. The molecule has 2 aliphatic heterocycles. The zero-order chi connectivity index (χ0) is 19.7. The van der Waals surface area contributed by atoms with Gasteiger partial charge >= 0.3 is 0 Å². The average Bonchev–Trinajstić information content (AvgIpc) is 3.14. The van der Waals surface area contributed by atoms with E-state index in [-0.39, 0.29) is 11.9 Å². The summed E-state index contributed by atoms with van der Waals surface area (Å²) in [6, 6.07) is 7.61. The summed E-state index contributed by atoms with van der Waals surface area (Å²) in [5.74, 6) is 1.81. The highest BCUT2D eigenvalue weighted by Gasteiger charge is 2.29. The van der Waals surface area contributed by atoms with E-state index in [9.17, 15) is 4.39 Å². The monoisotopic (exact) mass is 385 g/mol. The van der Waals surface area contributed by atoms with E-state index in [0.29, 0.717) is 30.5 Å². The smallest absolute Gasteiger partial charge is 0.213 e. The molecule has 28 heavy (non-hydrogen) atoms. The van der Waals surface area contributed by atoms with Gasteiger partial charge in [-0.3, -0.25) is 4.90 Å². The highest BCUT2D eigenvalue weighted by Crippen LogP contribution is 2.36. The van der Waals surface area contributed by atoms with Crippen molar-refractivity contribution < 1.29 is 13.9 Å². The van der Waals surface area contributed by atoms with Crippen LogP contribution in [0, 0.1) is 18.7 Å². The number of aromatic nitrogens is 1. The molecule has 1 N–H and O–H groups in total. The Kier molecular flexibility index (Phi) is 5.40. The number of methoxy groups -OCH3 is 1. The average molecular weight is 385 g/mol. The molecule has 2 aromatic rings. The van der Waals surface area contributed by atoms with Crippen LogP contribution in [0.5, 0.6) is 11.6 Å². The van der Waals surface area contributed by atoms with Gasteiger partial charge in [0.1, 0.15) is 18.2 Å². The number of ether oxygens (including phenoxy) is 2. The molecule has 2 atom stereocenters. The number of hydrogen-bond donors (Lipinski definition) is 1. The van der Waals surface area contributed by atoms with E-state index in [4.69, 9.17) is 9.47 Å². The lowest BCUT2D eigenvalue weighted by Gasteiger charge is -2.27. The maximum absolute atomic E-state index is 14.7. The van der Waals surface area contributed by atoms with Crippen molar-refractivity contribution in [1.29, 1.82) is 0 Å². The zero-order valence-corrected chi connectivity index (χ0v) is 16.8. The second-order valence-electron chi connectivity index (χ2n) is 7.83. The highest BCUT2D eigenvalue weighted by atomic mass is 19.1. The SMILES string of the molecule is COc1cc(C[C@H]2CCN([C@@H](C)c3cc4c(cc3F)NCCO4)C2)cc(C)n1.